The minimum Gasteiger partial charge on any atom is -0.486 e. The molecule has 0 atom stereocenters. The van der Waals surface area contributed by atoms with Crippen LogP contribution in [0, 0.1) is 0 Å². The van der Waals surface area contributed by atoms with Crippen LogP contribution in [-0.2, 0) is 11.3 Å². The fourth-order valence-corrected chi connectivity index (χ4v) is 1.73. The molecule has 2 N–H and O–H groups in total. The van der Waals surface area contributed by atoms with Crippen molar-refractivity contribution in [3.8, 4) is 11.5 Å². The van der Waals surface area contributed by atoms with Crippen LogP contribution in [0.3, 0.4) is 0 Å². The van der Waals surface area contributed by atoms with Gasteiger partial charge in [-0.25, -0.2) is 14.7 Å². The Morgan fingerprint density at radius 1 is 1.29 bits per heavy atom. The second-order valence-electron chi connectivity index (χ2n) is 3.63. The Balaban J connectivity index is 2.35. The van der Waals surface area contributed by atoms with Crippen molar-refractivity contribution in [2.45, 2.75) is 12.8 Å². The summed E-state index contributed by atoms with van der Waals surface area (Å²) >= 11 is 0. The molecule has 2 rings (SSSR count). The molecule has 0 fully saturated rings. The predicted octanol–water partition coefficient (Wildman–Crippen LogP) is 1.83. The first-order valence-corrected chi connectivity index (χ1v) is 5.24. The molecule has 0 amide bonds. The first kappa shape index (κ1) is 12.1. The van der Waals surface area contributed by atoms with Crippen LogP contribution >= 0.6 is 0 Å². The maximum absolute atomic E-state index is 12.7. The molecule has 0 saturated carbocycles. The molecule has 0 unspecified atom stereocenters. The van der Waals surface area contributed by atoms with Crippen molar-refractivity contribution in [2.75, 3.05) is 19.8 Å². The van der Waals surface area contributed by atoms with E-state index in [1.807, 2.05) is 0 Å². The molecule has 6 heteroatoms. The van der Waals surface area contributed by atoms with E-state index in [0.29, 0.717) is 36.7 Å². The fraction of sp³-hybridized carbons (Fsp3) is 0.455. The Hall–Kier alpha value is -1.40. The van der Waals surface area contributed by atoms with E-state index in [1.54, 1.807) is 0 Å². The zero-order valence-corrected chi connectivity index (χ0v) is 9.12. The molecule has 1 aromatic rings. The summed E-state index contributed by atoms with van der Waals surface area (Å²) in [6.07, 6.45) is -2.13. The molecule has 1 aliphatic rings. The minimum atomic E-state index is -2.54. The molecule has 94 valence electrons. The standard InChI is InChI=1S/C11H13F2NO3/c12-11(13)8-5-7(1-2-17-14)10-9(6-8)15-3-4-16-10/h5-6,11H,1-4,14H2. The average molecular weight is 245 g/mol. The van der Waals surface area contributed by atoms with Crippen molar-refractivity contribution in [1.29, 1.82) is 0 Å². The maximum Gasteiger partial charge on any atom is 0.263 e. The lowest BCUT2D eigenvalue weighted by molar-refractivity contribution is 0.135. The van der Waals surface area contributed by atoms with Gasteiger partial charge in [-0.15, -0.1) is 0 Å². The zero-order valence-electron chi connectivity index (χ0n) is 9.12. The Labute approximate surface area is 97.2 Å². The summed E-state index contributed by atoms with van der Waals surface area (Å²) in [6.45, 7) is 1.02. The van der Waals surface area contributed by atoms with Crippen molar-refractivity contribution in [3.05, 3.63) is 23.3 Å². The molecule has 0 aromatic heterocycles. The second-order valence-corrected chi connectivity index (χ2v) is 3.63. The van der Waals surface area contributed by atoms with E-state index in [0.717, 1.165) is 0 Å². The van der Waals surface area contributed by atoms with Gasteiger partial charge in [0.05, 0.1) is 6.61 Å². The lowest BCUT2D eigenvalue weighted by atomic mass is 10.1. The lowest BCUT2D eigenvalue weighted by Crippen LogP contribution is -2.17. The van der Waals surface area contributed by atoms with Crippen molar-refractivity contribution >= 4 is 0 Å². The number of alkyl halides is 2. The highest BCUT2D eigenvalue weighted by Gasteiger charge is 2.20. The van der Waals surface area contributed by atoms with Crippen LogP contribution in [0.25, 0.3) is 0 Å². The maximum atomic E-state index is 12.7. The van der Waals surface area contributed by atoms with Crippen LogP contribution in [0.5, 0.6) is 11.5 Å². The zero-order chi connectivity index (χ0) is 12.3. The third-order valence-electron chi connectivity index (χ3n) is 2.48. The van der Waals surface area contributed by atoms with E-state index in [-0.39, 0.29) is 12.2 Å². The number of nitrogens with two attached hydrogens (primary N) is 1. The summed E-state index contributed by atoms with van der Waals surface area (Å²) in [4.78, 5) is 4.45. The molecule has 0 spiro atoms. The van der Waals surface area contributed by atoms with E-state index in [4.69, 9.17) is 15.4 Å². The number of hydrogen-bond acceptors (Lipinski definition) is 4. The van der Waals surface area contributed by atoms with Gasteiger partial charge in [0.2, 0.25) is 0 Å². The fourth-order valence-electron chi connectivity index (χ4n) is 1.73. The van der Waals surface area contributed by atoms with Gasteiger partial charge in [0.25, 0.3) is 6.43 Å². The number of ether oxygens (including phenoxy) is 2. The van der Waals surface area contributed by atoms with E-state index in [2.05, 4.69) is 4.84 Å². The van der Waals surface area contributed by atoms with Crippen LogP contribution in [-0.4, -0.2) is 19.8 Å². The van der Waals surface area contributed by atoms with Crippen LogP contribution in [0.1, 0.15) is 17.6 Å². The number of rotatable bonds is 4. The quantitative estimate of drug-likeness (QED) is 0.822. The van der Waals surface area contributed by atoms with Gasteiger partial charge in [0, 0.05) is 17.5 Å². The van der Waals surface area contributed by atoms with Gasteiger partial charge in [0.1, 0.15) is 13.2 Å². The van der Waals surface area contributed by atoms with Crippen molar-refractivity contribution in [3.63, 3.8) is 0 Å². The normalized spacial score (nSPS) is 14.1. The smallest absolute Gasteiger partial charge is 0.263 e. The van der Waals surface area contributed by atoms with Crippen LogP contribution in [0.15, 0.2) is 12.1 Å². The molecule has 1 aromatic carbocycles. The van der Waals surface area contributed by atoms with Gasteiger partial charge in [-0.2, -0.15) is 0 Å². The third-order valence-corrected chi connectivity index (χ3v) is 2.48. The first-order valence-electron chi connectivity index (χ1n) is 5.24. The highest BCUT2D eigenvalue weighted by atomic mass is 19.3. The van der Waals surface area contributed by atoms with Gasteiger partial charge in [-0.05, 0) is 12.1 Å². The lowest BCUT2D eigenvalue weighted by Gasteiger charge is -2.22. The second kappa shape index (κ2) is 5.29. The monoisotopic (exact) mass is 245 g/mol. The Morgan fingerprint density at radius 2 is 2.06 bits per heavy atom. The number of benzene rings is 1. The topological polar surface area (TPSA) is 53.7 Å². The molecule has 0 radical (unpaired) electrons. The summed E-state index contributed by atoms with van der Waals surface area (Å²) in [7, 11) is 0. The van der Waals surface area contributed by atoms with Gasteiger partial charge in [0.15, 0.2) is 11.5 Å². The summed E-state index contributed by atoms with van der Waals surface area (Å²) in [5.41, 5.74) is 0.546. The van der Waals surface area contributed by atoms with E-state index in [9.17, 15) is 8.78 Å². The van der Waals surface area contributed by atoms with Gasteiger partial charge >= 0.3 is 0 Å². The molecular weight excluding hydrogens is 232 g/mol. The van der Waals surface area contributed by atoms with E-state index in [1.165, 1.54) is 12.1 Å². The highest BCUT2D eigenvalue weighted by molar-refractivity contribution is 5.50. The largest absolute Gasteiger partial charge is 0.486 e. The Morgan fingerprint density at radius 3 is 2.76 bits per heavy atom. The number of hydrogen-bond donors (Lipinski definition) is 1. The van der Waals surface area contributed by atoms with E-state index < -0.39 is 6.43 Å². The average Bonchev–Trinajstić information content (AvgIpc) is 2.35. The summed E-state index contributed by atoms with van der Waals surface area (Å²) in [5.74, 6) is 5.80. The van der Waals surface area contributed by atoms with E-state index >= 15 is 0 Å². The number of halogens is 2. The molecule has 0 saturated heterocycles. The van der Waals surface area contributed by atoms with Gasteiger partial charge < -0.3 is 14.3 Å². The molecule has 1 heterocycles. The van der Waals surface area contributed by atoms with Crippen LogP contribution in [0.2, 0.25) is 0 Å². The highest BCUT2D eigenvalue weighted by Crippen LogP contribution is 2.38. The molecule has 4 nitrogen and oxygen atoms in total. The molecule has 0 aliphatic carbocycles. The number of fused-ring (bicyclic) bond motifs is 1. The summed E-state index contributed by atoms with van der Waals surface area (Å²) in [6, 6.07) is 2.71. The van der Waals surface area contributed by atoms with Gasteiger partial charge in [-0.3, -0.25) is 0 Å². The van der Waals surface area contributed by atoms with Crippen molar-refractivity contribution in [1.82, 2.24) is 0 Å². The van der Waals surface area contributed by atoms with Gasteiger partial charge in [-0.1, -0.05) is 0 Å². The minimum absolute atomic E-state index is 0.0822. The Kier molecular flexibility index (Phi) is 3.75. The summed E-state index contributed by atoms with van der Waals surface area (Å²) in [5, 5.41) is 0. The molecule has 17 heavy (non-hydrogen) atoms. The molecule has 0 bridgehead atoms. The van der Waals surface area contributed by atoms with Crippen molar-refractivity contribution in [2.24, 2.45) is 5.90 Å². The van der Waals surface area contributed by atoms with Crippen LogP contribution < -0.4 is 15.4 Å². The SMILES string of the molecule is NOCCc1cc(C(F)F)cc2c1OCCO2. The molecular formula is C11H13F2NO3. The third kappa shape index (κ3) is 2.65. The first-order chi connectivity index (χ1) is 8.22. The van der Waals surface area contributed by atoms with Crippen LogP contribution in [0.4, 0.5) is 8.78 Å². The Bertz CT molecular complexity index is 399. The van der Waals surface area contributed by atoms with Crippen molar-refractivity contribution < 1.29 is 23.1 Å². The predicted molar refractivity (Wildman–Crippen MR) is 56.2 cm³/mol. The molecule has 1 aliphatic heterocycles. The summed E-state index contributed by atoms with van der Waals surface area (Å²) < 4.78 is 36.1.